The molecule has 1 N–H and O–H groups in total. The zero-order valence-electron chi connectivity index (χ0n) is 21.8. The minimum Gasteiger partial charge on any atom is -0.497 e. The van der Waals surface area contributed by atoms with E-state index in [1.54, 1.807) is 25.3 Å². The van der Waals surface area contributed by atoms with Crippen molar-refractivity contribution in [1.82, 2.24) is 9.88 Å². The molecule has 2 heterocycles. The highest BCUT2D eigenvalue weighted by Crippen LogP contribution is 2.27. The number of fused-ring (bicyclic) bond motifs is 1. The second-order valence-corrected chi connectivity index (χ2v) is 9.15. The van der Waals surface area contributed by atoms with Gasteiger partial charge in [-0.05, 0) is 66.9 Å². The highest BCUT2D eigenvalue weighted by Gasteiger charge is 2.37. The van der Waals surface area contributed by atoms with E-state index in [2.05, 4.69) is 9.88 Å². The fraction of sp³-hybridized carbons (Fsp3) is 0.194. The second-order valence-electron chi connectivity index (χ2n) is 9.15. The molecule has 4 aromatic rings. The van der Waals surface area contributed by atoms with Crippen LogP contribution in [0.3, 0.4) is 0 Å². The minimum absolute atomic E-state index is 0.0973. The number of nitrogens with zero attached hydrogens (tertiary/aromatic N) is 2. The van der Waals surface area contributed by atoms with Crippen LogP contribution in [0.1, 0.15) is 24.5 Å². The maximum atomic E-state index is 13.4. The largest absolute Gasteiger partial charge is 0.497 e. The van der Waals surface area contributed by atoms with E-state index in [1.165, 1.54) is 0 Å². The van der Waals surface area contributed by atoms with E-state index in [4.69, 9.17) is 9.47 Å². The maximum absolute atomic E-state index is 13.4. The number of aryl methyl sites for hydroxylation is 2. The number of hydrogen-bond acceptors (Lipinski definition) is 5. The van der Waals surface area contributed by atoms with Gasteiger partial charge in [0.1, 0.15) is 17.1 Å². The fourth-order valence-corrected chi connectivity index (χ4v) is 4.60. The van der Waals surface area contributed by atoms with Gasteiger partial charge in [0.2, 0.25) is 0 Å². The number of rotatable bonds is 9. The molecule has 3 aromatic carbocycles. The third kappa shape index (κ3) is 5.40. The first-order valence-electron chi connectivity index (χ1n) is 12.8. The molecular weight excluding hydrogens is 494 g/mol. The molecule has 198 valence electrons. The molecule has 5 rings (SSSR count). The van der Waals surface area contributed by atoms with Crippen molar-refractivity contribution in [1.29, 1.82) is 0 Å². The van der Waals surface area contributed by atoms with E-state index in [1.807, 2.05) is 73.8 Å². The number of barbiturate groups is 1. The van der Waals surface area contributed by atoms with Crippen molar-refractivity contribution in [3.8, 4) is 11.5 Å². The van der Waals surface area contributed by atoms with Gasteiger partial charge in [-0.2, -0.15) is 0 Å². The van der Waals surface area contributed by atoms with Crippen LogP contribution in [0.15, 0.2) is 84.6 Å². The highest BCUT2D eigenvalue weighted by atomic mass is 16.5. The van der Waals surface area contributed by atoms with Crippen molar-refractivity contribution < 1.29 is 23.9 Å². The zero-order chi connectivity index (χ0) is 27.4. The SMILES string of the molecule is CCc1ccc(N2C(=O)NC(=O)C(=Cc3cn(CCCOc4ccc(OC)cc4)c4ccccc34)C2=O)cc1. The first kappa shape index (κ1) is 25.8. The number of ether oxygens (including phenoxy) is 2. The van der Waals surface area contributed by atoms with Crippen LogP contribution in [-0.4, -0.2) is 36.1 Å². The summed E-state index contributed by atoms with van der Waals surface area (Å²) in [4.78, 5) is 39.7. The first-order chi connectivity index (χ1) is 19.0. The molecular formula is C31H29N3O5. The number of imide groups is 2. The average Bonchev–Trinajstić information content (AvgIpc) is 3.31. The number of amides is 4. The van der Waals surface area contributed by atoms with E-state index in [9.17, 15) is 14.4 Å². The average molecular weight is 524 g/mol. The molecule has 0 radical (unpaired) electrons. The van der Waals surface area contributed by atoms with E-state index >= 15 is 0 Å². The van der Waals surface area contributed by atoms with Crippen molar-refractivity contribution in [3.63, 3.8) is 0 Å². The Bertz CT molecular complexity index is 1550. The highest BCUT2D eigenvalue weighted by molar-refractivity contribution is 6.39. The predicted octanol–water partition coefficient (Wildman–Crippen LogP) is 5.35. The molecule has 8 heteroatoms. The number of methoxy groups -OCH3 is 1. The first-order valence-corrected chi connectivity index (χ1v) is 12.8. The lowest BCUT2D eigenvalue weighted by atomic mass is 10.1. The number of urea groups is 1. The van der Waals surface area contributed by atoms with Crippen LogP contribution >= 0.6 is 0 Å². The van der Waals surface area contributed by atoms with Crippen LogP contribution in [0.2, 0.25) is 0 Å². The van der Waals surface area contributed by atoms with Gasteiger partial charge in [-0.15, -0.1) is 0 Å². The molecule has 0 atom stereocenters. The number of benzene rings is 3. The number of nitrogens with one attached hydrogen (secondary N) is 1. The predicted molar refractivity (Wildman–Crippen MR) is 150 cm³/mol. The van der Waals surface area contributed by atoms with Crippen LogP contribution in [-0.2, 0) is 22.6 Å². The normalized spacial score (nSPS) is 14.7. The molecule has 1 aliphatic rings. The van der Waals surface area contributed by atoms with Gasteiger partial charge in [-0.3, -0.25) is 14.9 Å². The van der Waals surface area contributed by atoms with Crippen LogP contribution in [0, 0.1) is 0 Å². The van der Waals surface area contributed by atoms with Crippen molar-refractivity contribution in [2.75, 3.05) is 18.6 Å². The summed E-state index contributed by atoms with van der Waals surface area (Å²) in [5.41, 5.74) is 3.08. The number of carbonyl (C=O) groups excluding carboxylic acids is 3. The second kappa shape index (κ2) is 11.3. The Morgan fingerprint density at radius 2 is 1.62 bits per heavy atom. The van der Waals surface area contributed by atoms with E-state index in [-0.39, 0.29) is 5.57 Å². The Morgan fingerprint density at radius 1 is 0.897 bits per heavy atom. The molecule has 0 aliphatic carbocycles. The Labute approximate surface area is 226 Å². The monoisotopic (exact) mass is 523 g/mol. The third-order valence-electron chi connectivity index (χ3n) is 6.70. The minimum atomic E-state index is -0.759. The van der Waals surface area contributed by atoms with Crippen LogP contribution in [0.5, 0.6) is 11.5 Å². The van der Waals surface area contributed by atoms with E-state index in [0.29, 0.717) is 18.8 Å². The van der Waals surface area contributed by atoms with Crippen molar-refractivity contribution >= 4 is 40.5 Å². The third-order valence-corrected chi connectivity index (χ3v) is 6.70. The summed E-state index contributed by atoms with van der Waals surface area (Å²) in [6.07, 6.45) is 5.06. The van der Waals surface area contributed by atoms with Crippen molar-refractivity contribution in [2.45, 2.75) is 26.3 Å². The summed E-state index contributed by atoms with van der Waals surface area (Å²) in [6, 6.07) is 21.6. The molecule has 8 nitrogen and oxygen atoms in total. The van der Waals surface area contributed by atoms with Gasteiger partial charge in [0.05, 0.1) is 19.4 Å². The summed E-state index contributed by atoms with van der Waals surface area (Å²) in [5, 5.41) is 3.20. The molecule has 4 amide bonds. The zero-order valence-corrected chi connectivity index (χ0v) is 21.8. The van der Waals surface area contributed by atoms with Gasteiger partial charge in [0.25, 0.3) is 11.8 Å². The number of hydrogen-bond donors (Lipinski definition) is 1. The van der Waals surface area contributed by atoms with Crippen molar-refractivity contribution in [2.24, 2.45) is 0 Å². The Hall–Kier alpha value is -4.85. The summed E-state index contributed by atoms with van der Waals surface area (Å²) in [6.45, 7) is 3.22. The van der Waals surface area contributed by atoms with Gasteiger partial charge in [0, 0.05) is 29.2 Å². The van der Waals surface area contributed by atoms with E-state index < -0.39 is 17.8 Å². The Morgan fingerprint density at radius 3 is 2.33 bits per heavy atom. The lowest BCUT2D eigenvalue weighted by Crippen LogP contribution is -2.54. The molecule has 1 fully saturated rings. The standard InChI is InChI=1S/C31H29N3O5/c1-3-21-9-11-23(12-10-21)34-30(36)27(29(35)32-31(34)37)19-22-20-33(28-8-5-4-7-26(22)28)17-6-18-39-25-15-13-24(38-2)14-16-25/h4-5,7-16,19-20H,3,6,17-18H2,1-2H3,(H,32,35,37). The maximum Gasteiger partial charge on any atom is 0.335 e. The number of aromatic nitrogens is 1. The summed E-state index contributed by atoms with van der Waals surface area (Å²) in [7, 11) is 1.62. The molecule has 0 bridgehead atoms. The molecule has 39 heavy (non-hydrogen) atoms. The molecule has 0 unspecified atom stereocenters. The van der Waals surface area contributed by atoms with Gasteiger partial charge >= 0.3 is 6.03 Å². The van der Waals surface area contributed by atoms with Crippen LogP contribution < -0.4 is 19.7 Å². The number of carbonyl (C=O) groups is 3. The van der Waals surface area contributed by atoms with Crippen molar-refractivity contribution in [3.05, 3.63) is 95.7 Å². The summed E-state index contributed by atoms with van der Waals surface area (Å²) >= 11 is 0. The van der Waals surface area contributed by atoms with E-state index in [0.717, 1.165) is 51.3 Å². The Balaban J connectivity index is 1.36. The van der Waals surface area contributed by atoms with Gasteiger partial charge in [0.15, 0.2) is 0 Å². The number of para-hydroxylation sites is 1. The molecule has 0 spiro atoms. The van der Waals surface area contributed by atoms with Gasteiger partial charge in [-0.25, -0.2) is 9.69 Å². The van der Waals surface area contributed by atoms with Gasteiger partial charge < -0.3 is 14.0 Å². The van der Waals surface area contributed by atoms with Crippen LogP contribution in [0.4, 0.5) is 10.5 Å². The summed E-state index contributed by atoms with van der Waals surface area (Å²) < 4.78 is 13.1. The topological polar surface area (TPSA) is 89.9 Å². The lowest BCUT2D eigenvalue weighted by Gasteiger charge is -2.26. The molecule has 1 aromatic heterocycles. The smallest absolute Gasteiger partial charge is 0.335 e. The van der Waals surface area contributed by atoms with Crippen LogP contribution in [0.25, 0.3) is 17.0 Å². The number of anilines is 1. The summed E-state index contributed by atoms with van der Waals surface area (Å²) in [5.74, 6) is 0.174. The van der Waals surface area contributed by atoms with Gasteiger partial charge in [-0.1, -0.05) is 37.3 Å². The molecule has 0 saturated carbocycles. The molecule has 1 saturated heterocycles. The molecule has 1 aliphatic heterocycles. The quantitative estimate of drug-likeness (QED) is 0.182. The Kier molecular flexibility index (Phi) is 7.45. The lowest BCUT2D eigenvalue weighted by molar-refractivity contribution is -0.122. The fourth-order valence-electron chi connectivity index (χ4n) is 4.60.